The van der Waals surface area contributed by atoms with Crippen LogP contribution in [0.25, 0.3) is 0 Å². The molecule has 1 N–H and O–H groups in total. The van der Waals surface area contributed by atoms with Gasteiger partial charge < -0.3 is 28.8 Å². The molecule has 202 valence electrons. The van der Waals surface area contributed by atoms with Crippen molar-refractivity contribution in [3.63, 3.8) is 0 Å². The van der Waals surface area contributed by atoms with E-state index in [2.05, 4.69) is 5.32 Å². The Balaban J connectivity index is 1.59. The Bertz CT molecular complexity index is 835. The molecule has 0 radical (unpaired) electrons. The maximum atomic E-state index is 12.5. The van der Waals surface area contributed by atoms with E-state index in [1.165, 1.54) is 19.1 Å². The number of esters is 2. The molecule has 0 spiro atoms. The quantitative estimate of drug-likeness (QED) is 0.0838. The van der Waals surface area contributed by atoms with Gasteiger partial charge in [0.2, 0.25) is 6.29 Å². The van der Waals surface area contributed by atoms with Crippen LogP contribution in [0.2, 0.25) is 0 Å². The van der Waals surface area contributed by atoms with Gasteiger partial charge in [0.1, 0.15) is 25.5 Å². The number of carbonyl (C=O) groups excluding carboxylic acids is 3. The lowest BCUT2D eigenvalue weighted by Gasteiger charge is -2.19. The zero-order valence-electron chi connectivity index (χ0n) is 20.9. The lowest BCUT2D eigenvalue weighted by molar-refractivity contribution is -0.171. The van der Waals surface area contributed by atoms with Gasteiger partial charge in [-0.05, 0) is 61.6 Å². The molecule has 2 rings (SSSR count). The Morgan fingerprint density at radius 1 is 1.19 bits per heavy atom. The highest BCUT2D eigenvalue weighted by Gasteiger charge is 2.23. The standard InChI is InChI=1S/C24H35NO8S3/c1-17(32-23(27)21(25-2)16-18-7-6-9-20(15-18)36(3)29)33-24(28)31-13-12-30-22(26)10-5-4-8-19-11-14-34-35-19/h6-7,9,15,17,19,21,25H,4-5,8,10-14,16H2,1-3H3/t17?,19?,21-,36?/m0/s1. The van der Waals surface area contributed by atoms with Gasteiger partial charge in [-0.15, -0.1) is 0 Å². The number of rotatable bonds is 15. The molecule has 0 bridgehead atoms. The van der Waals surface area contributed by atoms with Crippen molar-refractivity contribution in [2.24, 2.45) is 0 Å². The third-order valence-electron chi connectivity index (χ3n) is 5.30. The van der Waals surface area contributed by atoms with Crippen molar-refractivity contribution >= 4 is 50.9 Å². The monoisotopic (exact) mass is 561 g/mol. The molecular weight excluding hydrogens is 526 g/mol. The van der Waals surface area contributed by atoms with Gasteiger partial charge in [-0.1, -0.05) is 40.1 Å². The minimum atomic E-state index is -1.17. The molecule has 9 nitrogen and oxygen atoms in total. The lowest BCUT2D eigenvalue weighted by atomic mass is 10.1. The molecule has 1 heterocycles. The maximum Gasteiger partial charge on any atom is 0.511 e. The predicted molar refractivity (Wildman–Crippen MR) is 141 cm³/mol. The molecule has 1 aliphatic heterocycles. The average Bonchev–Trinajstić information content (AvgIpc) is 3.36. The summed E-state index contributed by atoms with van der Waals surface area (Å²) in [6, 6.07) is 6.44. The van der Waals surface area contributed by atoms with E-state index in [0.717, 1.165) is 24.8 Å². The van der Waals surface area contributed by atoms with Gasteiger partial charge in [-0.2, -0.15) is 0 Å². The topological polar surface area (TPSA) is 123 Å². The zero-order chi connectivity index (χ0) is 26.3. The first kappa shape index (κ1) is 30.6. The molecule has 0 aromatic heterocycles. The predicted octanol–water partition coefficient (Wildman–Crippen LogP) is 3.85. The van der Waals surface area contributed by atoms with Crippen molar-refractivity contribution in [2.45, 2.75) is 67.9 Å². The van der Waals surface area contributed by atoms with E-state index in [1.54, 1.807) is 31.5 Å². The van der Waals surface area contributed by atoms with Crippen molar-refractivity contribution in [2.75, 3.05) is 32.3 Å². The third-order valence-corrected chi connectivity index (χ3v) is 9.22. The first-order valence-corrected chi connectivity index (χ1v) is 15.8. The Kier molecular flexibility index (Phi) is 14.5. The van der Waals surface area contributed by atoms with Crippen LogP contribution in [0.1, 0.15) is 44.6 Å². The molecule has 1 aliphatic rings. The third kappa shape index (κ3) is 12.1. The molecule has 0 aliphatic carbocycles. The van der Waals surface area contributed by atoms with Crippen LogP contribution in [0, 0.1) is 0 Å². The number of benzene rings is 1. The highest BCUT2D eigenvalue weighted by atomic mass is 33.1. The first-order valence-electron chi connectivity index (χ1n) is 11.9. The second-order valence-corrected chi connectivity index (χ2v) is 12.3. The second kappa shape index (κ2) is 17.0. The Hall–Kier alpha value is -1.60. The molecule has 12 heteroatoms. The summed E-state index contributed by atoms with van der Waals surface area (Å²) < 4.78 is 31.7. The van der Waals surface area contributed by atoms with E-state index in [4.69, 9.17) is 18.9 Å². The van der Waals surface area contributed by atoms with Crippen LogP contribution in [0.4, 0.5) is 4.79 Å². The Labute approximate surface area is 223 Å². The van der Waals surface area contributed by atoms with E-state index in [-0.39, 0.29) is 19.2 Å². The highest BCUT2D eigenvalue weighted by Crippen LogP contribution is 2.39. The molecule has 1 aromatic carbocycles. The molecule has 3 unspecified atom stereocenters. The molecule has 36 heavy (non-hydrogen) atoms. The molecule has 0 saturated carbocycles. The van der Waals surface area contributed by atoms with Gasteiger partial charge in [-0.25, -0.2) is 4.79 Å². The fourth-order valence-electron chi connectivity index (χ4n) is 3.39. The Morgan fingerprint density at radius 3 is 2.67 bits per heavy atom. The van der Waals surface area contributed by atoms with Gasteiger partial charge in [-0.3, -0.25) is 9.59 Å². The van der Waals surface area contributed by atoms with E-state index >= 15 is 0 Å². The molecule has 1 fully saturated rings. The summed E-state index contributed by atoms with van der Waals surface area (Å²) >= 11 is -1.13. The summed E-state index contributed by atoms with van der Waals surface area (Å²) in [7, 11) is 5.46. The number of unbranched alkanes of at least 4 members (excludes halogenated alkanes) is 1. The van der Waals surface area contributed by atoms with Crippen LogP contribution in [0.3, 0.4) is 0 Å². The Morgan fingerprint density at radius 2 is 1.97 bits per heavy atom. The van der Waals surface area contributed by atoms with Crippen molar-refractivity contribution in [3.05, 3.63) is 29.8 Å². The SMILES string of the molecule is CN[C@@H](Cc1cccc([S+](C)[O-])c1)C(=O)OC(C)OC(=O)OCCOC(=O)CCCCC1CCSS1. The van der Waals surface area contributed by atoms with Gasteiger partial charge in [0, 0.05) is 24.3 Å². The average molecular weight is 562 g/mol. The normalized spacial score (nSPS) is 17.6. The number of carbonyl (C=O) groups is 3. The largest absolute Gasteiger partial charge is 0.612 e. The summed E-state index contributed by atoms with van der Waals surface area (Å²) in [5.41, 5.74) is 0.813. The summed E-state index contributed by atoms with van der Waals surface area (Å²) in [4.78, 5) is 36.7. The highest BCUT2D eigenvalue weighted by molar-refractivity contribution is 8.77. The van der Waals surface area contributed by atoms with Crippen LogP contribution in [0.5, 0.6) is 0 Å². The summed E-state index contributed by atoms with van der Waals surface area (Å²) in [6.45, 7) is 1.17. The zero-order valence-corrected chi connectivity index (χ0v) is 23.3. The number of hydrogen-bond donors (Lipinski definition) is 1. The molecule has 1 saturated heterocycles. The first-order chi connectivity index (χ1) is 17.3. The molecule has 0 amide bonds. The van der Waals surface area contributed by atoms with E-state index in [9.17, 15) is 18.9 Å². The summed E-state index contributed by atoms with van der Waals surface area (Å²) in [5.74, 6) is 0.271. The number of ether oxygens (including phenoxy) is 4. The van der Waals surface area contributed by atoms with Gasteiger partial charge in [0.25, 0.3) is 0 Å². The van der Waals surface area contributed by atoms with Crippen molar-refractivity contribution in [1.29, 1.82) is 0 Å². The van der Waals surface area contributed by atoms with Crippen LogP contribution >= 0.6 is 21.6 Å². The van der Waals surface area contributed by atoms with Gasteiger partial charge >= 0.3 is 18.1 Å². The molecule has 1 aromatic rings. The lowest BCUT2D eigenvalue weighted by Crippen LogP contribution is -2.39. The van der Waals surface area contributed by atoms with Crippen LogP contribution in [0.15, 0.2) is 29.2 Å². The van der Waals surface area contributed by atoms with Crippen LogP contribution < -0.4 is 5.32 Å². The van der Waals surface area contributed by atoms with E-state index < -0.39 is 35.6 Å². The maximum absolute atomic E-state index is 12.5. The number of nitrogens with one attached hydrogen (secondary N) is 1. The van der Waals surface area contributed by atoms with Crippen LogP contribution in [-0.2, 0) is 46.1 Å². The van der Waals surface area contributed by atoms with Crippen molar-refractivity contribution < 1.29 is 37.9 Å². The summed E-state index contributed by atoms with van der Waals surface area (Å²) in [5, 5.41) is 3.57. The van der Waals surface area contributed by atoms with E-state index in [0.29, 0.717) is 23.0 Å². The number of hydrogen-bond acceptors (Lipinski definition) is 11. The fourth-order valence-corrected chi connectivity index (χ4v) is 7.00. The molecule has 4 atom stereocenters. The van der Waals surface area contributed by atoms with Crippen molar-refractivity contribution in [3.8, 4) is 0 Å². The smallest absolute Gasteiger partial charge is 0.511 e. The minimum absolute atomic E-state index is 0.0688. The van der Waals surface area contributed by atoms with Crippen molar-refractivity contribution in [1.82, 2.24) is 5.32 Å². The van der Waals surface area contributed by atoms with Gasteiger partial charge in [0.15, 0.2) is 4.90 Å². The van der Waals surface area contributed by atoms with Crippen LogP contribution in [-0.4, -0.2) is 72.5 Å². The second-order valence-electron chi connectivity index (χ2n) is 8.16. The molecular formula is C24H35NO8S3. The fraction of sp³-hybridized carbons (Fsp3) is 0.625. The number of likely N-dealkylation sites (N-methyl/N-ethyl adjacent to an activating group) is 1. The van der Waals surface area contributed by atoms with Gasteiger partial charge in [0.05, 0.1) is 0 Å². The minimum Gasteiger partial charge on any atom is -0.612 e. The summed E-state index contributed by atoms with van der Waals surface area (Å²) in [6.07, 6.45) is 4.16. The van der Waals surface area contributed by atoms with E-state index in [1.807, 2.05) is 27.7 Å².